The van der Waals surface area contributed by atoms with E-state index in [0.717, 1.165) is 25.9 Å². The number of anilines is 1. The van der Waals surface area contributed by atoms with Gasteiger partial charge < -0.3 is 15.4 Å². The second-order valence-electron chi connectivity index (χ2n) is 6.29. The minimum atomic E-state index is -0.625. The molecule has 2 aromatic carbocycles. The lowest BCUT2D eigenvalue weighted by atomic mass is 10.1. The van der Waals surface area contributed by atoms with Gasteiger partial charge in [-0.15, -0.1) is 0 Å². The Labute approximate surface area is 155 Å². The minimum absolute atomic E-state index is 0.0139. The van der Waals surface area contributed by atoms with Crippen molar-refractivity contribution in [1.82, 2.24) is 0 Å². The van der Waals surface area contributed by atoms with Crippen LogP contribution in [0.3, 0.4) is 0 Å². The zero-order valence-corrected chi connectivity index (χ0v) is 14.6. The molecule has 27 heavy (non-hydrogen) atoms. The smallest absolute Gasteiger partial charge is 0.340 e. The fourth-order valence-corrected chi connectivity index (χ4v) is 3.03. The molecule has 0 saturated carbocycles. The molecule has 0 radical (unpaired) electrons. The molecule has 0 aliphatic carbocycles. The first-order chi connectivity index (χ1) is 13.0. The molecule has 2 aromatic rings. The van der Waals surface area contributed by atoms with Gasteiger partial charge >= 0.3 is 5.97 Å². The molecule has 1 amide bonds. The Morgan fingerprint density at radius 1 is 1.11 bits per heavy atom. The van der Waals surface area contributed by atoms with Crippen LogP contribution >= 0.6 is 0 Å². The van der Waals surface area contributed by atoms with Crippen molar-refractivity contribution in [3.8, 4) is 0 Å². The molecule has 8 heteroatoms. The molecule has 1 saturated heterocycles. The third kappa shape index (κ3) is 4.22. The molecular formula is C19H19N3O5. The molecule has 2 N–H and O–H groups in total. The van der Waals surface area contributed by atoms with Crippen LogP contribution in [0.1, 0.15) is 39.1 Å². The summed E-state index contributed by atoms with van der Waals surface area (Å²) in [5.41, 5.74) is 6.91. The number of rotatable bonds is 6. The molecular weight excluding hydrogens is 350 g/mol. The Balaban J connectivity index is 1.78. The number of primary amides is 1. The molecule has 1 aliphatic heterocycles. The fraction of sp³-hybridized carbons (Fsp3) is 0.263. The molecule has 0 atom stereocenters. The van der Waals surface area contributed by atoms with E-state index in [4.69, 9.17) is 10.5 Å². The molecule has 8 nitrogen and oxygen atoms in total. The van der Waals surface area contributed by atoms with E-state index in [1.54, 1.807) is 30.3 Å². The molecule has 0 aromatic heterocycles. The van der Waals surface area contributed by atoms with Gasteiger partial charge in [0.2, 0.25) is 5.91 Å². The Kier molecular flexibility index (Phi) is 5.35. The number of nitro benzene ring substituents is 1. The van der Waals surface area contributed by atoms with Crippen LogP contribution in [0.25, 0.3) is 0 Å². The number of hydrogen-bond donors (Lipinski definition) is 1. The first-order valence-electron chi connectivity index (χ1n) is 8.55. The molecule has 1 aliphatic rings. The normalized spacial score (nSPS) is 13.4. The largest absolute Gasteiger partial charge is 0.457 e. The summed E-state index contributed by atoms with van der Waals surface area (Å²) < 4.78 is 5.35. The molecule has 1 fully saturated rings. The SMILES string of the molecule is NC(=O)c1ccc(COC(=O)c2cc([N+](=O)[O-])ccc2N2CCCC2)cc1. The Bertz CT molecular complexity index is 873. The van der Waals surface area contributed by atoms with Gasteiger partial charge in [-0.05, 0) is 36.6 Å². The summed E-state index contributed by atoms with van der Waals surface area (Å²) in [4.78, 5) is 36.3. The van der Waals surface area contributed by atoms with E-state index in [9.17, 15) is 19.7 Å². The first-order valence-corrected chi connectivity index (χ1v) is 8.55. The van der Waals surface area contributed by atoms with Crippen LogP contribution in [0.2, 0.25) is 0 Å². The van der Waals surface area contributed by atoms with E-state index in [1.807, 2.05) is 4.90 Å². The summed E-state index contributed by atoms with van der Waals surface area (Å²) in [5.74, 6) is -1.16. The van der Waals surface area contributed by atoms with Crippen molar-refractivity contribution in [3.05, 3.63) is 69.3 Å². The number of non-ortho nitro benzene ring substituents is 1. The van der Waals surface area contributed by atoms with Crippen LogP contribution in [0, 0.1) is 10.1 Å². The Morgan fingerprint density at radius 3 is 2.37 bits per heavy atom. The van der Waals surface area contributed by atoms with Gasteiger partial charge in [0.05, 0.1) is 16.2 Å². The lowest BCUT2D eigenvalue weighted by Gasteiger charge is -2.20. The van der Waals surface area contributed by atoms with E-state index in [0.29, 0.717) is 16.8 Å². The van der Waals surface area contributed by atoms with Crippen LogP contribution in [-0.4, -0.2) is 29.9 Å². The van der Waals surface area contributed by atoms with Gasteiger partial charge in [0, 0.05) is 30.8 Å². The average Bonchev–Trinajstić information content (AvgIpc) is 3.20. The van der Waals surface area contributed by atoms with Crippen molar-refractivity contribution in [3.63, 3.8) is 0 Å². The van der Waals surface area contributed by atoms with Crippen molar-refractivity contribution in [2.45, 2.75) is 19.4 Å². The maximum absolute atomic E-state index is 12.6. The highest BCUT2D eigenvalue weighted by Crippen LogP contribution is 2.29. The van der Waals surface area contributed by atoms with E-state index >= 15 is 0 Å². The maximum atomic E-state index is 12.6. The summed E-state index contributed by atoms with van der Waals surface area (Å²) >= 11 is 0. The highest BCUT2D eigenvalue weighted by Gasteiger charge is 2.23. The van der Waals surface area contributed by atoms with Gasteiger partial charge in [-0.25, -0.2) is 4.79 Å². The number of hydrogen-bond acceptors (Lipinski definition) is 6. The number of nitro groups is 1. The van der Waals surface area contributed by atoms with Crippen LogP contribution in [0.15, 0.2) is 42.5 Å². The number of benzene rings is 2. The summed E-state index contributed by atoms with van der Waals surface area (Å²) in [6.45, 7) is 1.58. The van der Waals surface area contributed by atoms with Crippen molar-refractivity contribution in [2.75, 3.05) is 18.0 Å². The number of carbonyl (C=O) groups is 2. The van der Waals surface area contributed by atoms with E-state index in [2.05, 4.69) is 0 Å². The second kappa shape index (κ2) is 7.86. The van der Waals surface area contributed by atoms with Gasteiger partial charge in [-0.3, -0.25) is 14.9 Å². The van der Waals surface area contributed by atoms with Crippen molar-refractivity contribution >= 4 is 23.3 Å². The zero-order valence-electron chi connectivity index (χ0n) is 14.6. The summed E-state index contributed by atoms with van der Waals surface area (Å²) in [7, 11) is 0. The zero-order chi connectivity index (χ0) is 19.4. The van der Waals surface area contributed by atoms with Crippen molar-refractivity contribution in [1.29, 1.82) is 0 Å². The van der Waals surface area contributed by atoms with Crippen LogP contribution in [-0.2, 0) is 11.3 Å². The first kappa shape index (κ1) is 18.4. The quantitative estimate of drug-likeness (QED) is 0.475. The second-order valence-corrected chi connectivity index (χ2v) is 6.29. The predicted molar refractivity (Wildman–Crippen MR) is 98.6 cm³/mol. The highest BCUT2D eigenvalue weighted by molar-refractivity contribution is 5.97. The van der Waals surface area contributed by atoms with Crippen molar-refractivity contribution < 1.29 is 19.2 Å². The van der Waals surface area contributed by atoms with Crippen LogP contribution < -0.4 is 10.6 Å². The van der Waals surface area contributed by atoms with Gasteiger partial charge in [0.15, 0.2) is 0 Å². The third-order valence-corrected chi connectivity index (χ3v) is 4.47. The highest BCUT2D eigenvalue weighted by atomic mass is 16.6. The van der Waals surface area contributed by atoms with Gasteiger partial charge in [-0.1, -0.05) is 12.1 Å². The summed E-state index contributed by atoms with van der Waals surface area (Å²) in [6, 6.07) is 10.6. The van der Waals surface area contributed by atoms with Gasteiger partial charge in [0.1, 0.15) is 6.61 Å². The number of carbonyl (C=O) groups excluding carboxylic acids is 2. The standard InChI is InChI=1S/C19H19N3O5/c20-18(23)14-5-3-13(4-6-14)12-27-19(24)16-11-15(22(25)26)7-8-17(16)21-9-1-2-10-21/h3-8,11H,1-2,9-10,12H2,(H2,20,23). The van der Waals surface area contributed by atoms with Gasteiger partial charge in [-0.2, -0.15) is 0 Å². The number of amides is 1. The summed E-state index contributed by atoms with van der Waals surface area (Å²) in [5, 5.41) is 11.1. The molecule has 0 unspecified atom stereocenters. The molecule has 1 heterocycles. The predicted octanol–water partition coefficient (Wildman–Crippen LogP) is 2.65. The number of esters is 1. The van der Waals surface area contributed by atoms with E-state index < -0.39 is 16.8 Å². The minimum Gasteiger partial charge on any atom is -0.457 e. The Morgan fingerprint density at radius 2 is 1.78 bits per heavy atom. The monoisotopic (exact) mass is 369 g/mol. The number of nitrogens with zero attached hydrogens (tertiary/aromatic N) is 2. The van der Waals surface area contributed by atoms with E-state index in [1.165, 1.54) is 12.1 Å². The number of ether oxygens (including phenoxy) is 1. The molecule has 0 bridgehead atoms. The van der Waals surface area contributed by atoms with Crippen molar-refractivity contribution in [2.24, 2.45) is 5.73 Å². The average molecular weight is 369 g/mol. The lowest BCUT2D eigenvalue weighted by molar-refractivity contribution is -0.384. The van der Waals surface area contributed by atoms with E-state index in [-0.39, 0.29) is 17.9 Å². The summed E-state index contributed by atoms with van der Waals surface area (Å²) in [6.07, 6.45) is 2.02. The lowest BCUT2D eigenvalue weighted by Crippen LogP contribution is -2.21. The topological polar surface area (TPSA) is 116 Å². The fourth-order valence-electron chi connectivity index (χ4n) is 3.03. The Hall–Kier alpha value is -3.42. The third-order valence-electron chi connectivity index (χ3n) is 4.47. The molecule has 3 rings (SSSR count). The molecule has 0 spiro atoms. The van der Waals surface area contributed by atoms with Gasteiger partial charge in [0.25, 0.3) is 5.69 Å². The molecule has 140 valence electrons. The maximum Gasteiger partial charge on any atom is 0.340 e. The van der Waals surface area contributed by atoms with Crippen LogP contribution in [0.4, 0.5) is 11.4 Å². The number of nitrogens with two attached hydrogens (primary N) is 1. The van der Waals surface area contributed by atoms with Crippen LogP contribution in [0.5, 0.6) is 0 Å².